The molecule has 1 aliphatic carbocycles. The molecule has 1 aliphatic heterocycles. The summed E-state index contributed by atoms with van der Waals surface area (Å²) in [6.45, 7) is 5.56. The van der Waals surface area contributed by atoms with E-state index < -0.39 is 17.9 Å². The first-order valence-electron chi connectivity index (χ1n) is 6.85. The molecule has 112 valence electrons. The van der Waals surface area contributed by atoms with Crippen LogP contribution in [0.3, 0.4) is 0 Å². The molecule has 0 radical (unpaired) electrons. The van der Waals surface area contributed by atoms with E-state index >= 15 is 0 Å². The zero-order valence-electron chi connectivity index (χ0n) is 11.8. The second-order valence-corrected chi connectivity index (χ2v) is 6.17. The Bertz CT molecular complexity index is 435. The molecular weight excluding hydrogens is 262 g/mol. The maximum absolute atomic E-state index is 12.1. The van der Waals surface area contributed by atoms with E-state index in [0.717, 1.165) is 6.42 Å². The van der Waals surface area contributed by atoms with E-state index in [1.165, 1.54) is 4.90 Å². The molecule has 2 aliphatic rings. The Labute approximate surface area is 117 Å². The topological polar surface area (TPSA) is 98.7 Å². The highest BCUT2D eigenvalue weighted by Gasteiger charge is 2.45. The van der Waals surface area contributed by atoms with Crippen LogP contribution in [0.1, 0.15) is 26.7 Å². The van der Waals surface area contributed by atoms with Gasteiger partial charge in [0.1, 0.15) is 6.04 Å². The Hall–Kier alpha value is -1.79. The van der Waals surface area contributed by atoms with Crippen molar-refractivity contribution in [2.75, 3.05) is 19.6 Å². The lowest BCUT2D eigenvalue weighted by molar-refractivity contribution is -0.142. The second kappa shape index (κ2) is 5.30. The third kappa shape index (κ3) is 3.20. The van der Waals surface area contributed by atoms with Crippen molar-refractivity contribution in [1.82, 2.24) is 15.5 Å². The van der Waals surface area contributed by atoms with Gasteiger partial charge in [0, 0.05) is 19.6 Å². The van der Waals surface area contributed by atoms with Gasteiger partial charge >= 0.3 is 12.0 Å². The highest BCUT2D eigenvalue weighted by atomic mass is 16.4. The van der Waals surface area contributed by atoms with Crippen LogP contribution < -0.4 is 10.6 Å². The summed E-state index contributed by atoms with van der Waals surface area (Å²) in [5, 5.41) is 14.2. The number of rotatable bonds is 4. The van der Waals surface area contributed by atoms with Crippen molar-refractivity contribution >= 4 is 17.9 Å². The highest BCUT2D eigenvalue weighted by molar-refractivity contribution is 5.91. The first-order valence-corrected chi connectivity index (χ1v) is 6.85. The Morgan fingerprint density at radius 3 is 2.70 bits per heavy atom. The number of nitrogens with zero attached hydrogens (tertiary/aromatic N) is 1. The molecule has 2 fully saturated rings. The Morgan fingerprint density at radius 1 is 1.50 bits per heavy atom. The fraction of sp³-hybridized carbons (Fsp3) is 0.769. The number of nitrogens with one attached hydrogen (secondary N) is 2. The average molecular weight is 283 g/mol. The lowest BCUT2D eigenvalue weighted by Gasteiger charge is -2.34. The zero-order chi connectivity index (χ0) is 14.9. The lowest BCUT2D eigenvalue weighted by atomic mass is 10.1. The summed E-state index contributed by atoms with van der Waals surface area (Å²) in [7, 11) is 0. The van der Waals surface area contributed by atoms with Gasteiger partial charge in [-0.05, 0) is 17.8 Å². The summed E-state index contributed by atoms with van der Waals surface area (Å²) in [6, 6.07) is -1.28. The molecule has 2 rings (SSSR count). The van der Waals surface area contributed by atoms with Crippen molar-refractivity contribution in [2.45, 2.75) is 32.7 Å². The molecule has 20 heavy (non-hydrogen) atoms. The number of amides is 3. The van der Waals surface area contributed by atoms with Crippen LogP contribution in [0.25, 0.3) is 0 Å². The smallest absolute Gasteiger partial charge is 0.318 e. The molecule has 1 heterocycles. The molecule has 0 spiro atoms. The predicted molar refractivity (Wildman–Crippen MR) is 71.0 cm³/mol. The number of piperazine rings is 1. The molecule has 0 aromatic carbocycles. The van der Waals surface area contributed by atoms with Crippen LogP contribution in [0, 0.1) is 11.3 Å². The van der Waals surface area contributed by atoms with Gasteiger partial charge < -0.3 is 20.6 Å². The highest BCUT2D eigenvalue weighted by Crippen LogP contribution is 2.50. The molecule has 2 unspecified atom stereocenters. The van der Waals surface area contributed by atoms with E-state index in [1.54, 1.807) is 0 Å². The number of carboxylic acid groups (broad SMARTS) is 1. The summed E-state index contributed by atoms with van der Waals surface area (Å²) < 4.78 is 0. The van der Waals surface area contributed by atoms with E-state index in [2.05, 4.69) is 24.5 Å². The number of hydrogen-bond donors (Lipinski definition) is 3. The Morgan fingerprint density at radius 2 is 2.15 bits per heavy atom. The van der Waals surface area contributed by atoms with Crippen molar-refractivity contribution in [3.05, 3.63) is 0 Å². The minimum atomic E-state index is -1.09. The quantitative estimate of drug-likeness (QED) is 0.677. The monoisotopic (exact) mass is 283 g/mol. The van der Waals surface area contributed by atoms with Gasteiger partial charge in [-0.1, -0.05) is 13.8 Å². The molecule has 1 saturated carbocycles. The van der Waals surface area contributed by atoms with Gasteiger partial charge in [0.25, 0.3) is 0 Å². The normalized spacial score (nSPS) is 27.7. The molecule has 7 heteroatoms. The summed E-state index contributed by atoms with van der Waals surface area (Å²) >= 11 is 0. The number of hydrogen-bond acceptors (Lipinski definition) is 3. The van der Waals surface area contributed by atoms with Crippen molar-refractivity contribution in [3.63, 3.8) is 0 Å². The van der Waals surface area contributed by atoms with Gasteiger partial charge in [-0.3, -0.25) is 9.59 Å². The van der Waals surface area contributed by atoms with Crippen LogP contribution in [0.2, 0.25) is 0 Å². The third-order valence-electron chi connectivity index (χ3n) is 4.18. The Balaban J connectivity index is 1.91. The second-order valence-electron chi connectivity index (χ2n) is 6.17. The van der Waals surface area contributed by atoms with Crippen LogP contribution in [-0.2, 0) is 9.59 Å². The minimum absolute atomic E-state index is 0.271. The number of carbonyl (C=O) groups is 3. The average Bonchev–Trinajstić information content (AvgIpc) is 2.96. The maximum atomic E-state index is 12.1. The van der Waals surface area contributed by atoms with Gasteiger partial charge in [0.15, 0.2) is 0 Å². The molecule has 1 saturated heterocycles. The van der Waals surface area contributed by atoms with Gasteiger partial charge in [-0.15, -0.1) is 0 Å². The van der Waals surface area contributed by atoms with Gasteiger partial charge in [0.05, 0.1) is 6.42 Å². The first-order chi connectivity index (χ1) is 9.31. The molecule has 7 nitrogen and oxygen atoms in total. The van der Waals surface area contributed by atoms with E-state index in [4.69, 9.17) is 5.11 Å². The molecule has 0 aromatic rings. The summed E-state index contributed by atoms with van der Waals surface area (Å²) in [5.41, 5.74) is 0.271. The first kappa shape index (κ1) is 14.6. The fourth-order valence-electron chi connectivity index (χ4n) is 2.56. The zero-order valence-corrected chi connectivity index (χ0v) is 11.8. The van der Waals surface area contributed by atoms with Crippen molar-refractivity contribution in [1.29, 1.82) is 0 Å². The molecular formula is C13H21N3O4. The van der Waals surface area contributed by atoms with Crippen LogP contribution in [-0.4, -0.2) is 53.6 Å². The standard InChI is InChI=1S/C13H21N3O4/c1-13(2)6-8(13)7-15-12(20)16-4-3-14-11(19)9(16)5-10(17)18/h8-9H,3-7H2,1-2H3,(H,14,19)(H,15,20)(H,17,18). The van der Waals surface area contributed by atoms with Crippen molar-refractivity contribution < 1.29 is 19.5 Å². The van der Waals surface area contributed by atoms with Crippen LogP contribution in [0.15, 0.2) is 0 Å². The van der Waals surface area contributed by atoms with E-state index in [-0.39, 0.29) is 17.9 Å². The largest absolute Gasteiger partial charge is 0.481 e. The van der Waals surface area contributed by atoms with Gasteiger partial charge in [0.2, 0.25) is 5.91 Å². The van der Waals surface area contributed by atoms with Crippen LogP contribution in [0.5, 0.6) is 0 Å². The summed E-state index contributed by atoms with van der Waals surface area (Å²) in [5.74, 6) is -1.03. The SMILES string of the molecule is CC1(C)CC1CNC(=O)N1CCNC(=O)C1CC(=O)O. The number of aliphatic carboxylic acids is 1. The molecule has 0 bridgehead atoms. The number of carbonyl (C=O) groups excluding carboxylic acids is 2. The Kier molecular flexibility index (Phi) is 3.87. The van der Waals surface area contributed by atoms with E-state index in [9.17, 15) is 14.4 Å². The summed E-state index contributed by atoms with van der Waals surface area (Å²) in [6.07, 6.45) is 0.709. The van der Waals surface area contributed by atoms with Gasteiger partial charge in [-0.25, -0.2) is 4.79 Å². The van der Waals surface area contributed by atoms with Crippen molar-refractivity contribution in [3.8, 4) is 0 Å². The fourth-order valence-corrected chi connectivity index (χ4v) is 2.56. The maximum Gasteiger partial charge on any atom is 0.318 e. The van der Waals surface area contributed by atoms with Crippen molar-refractivity contribution in [2.24, 2.45) is 11.3 Å². The van der Waals surface area contributed by atoms with E-state index in [1.807, 2.05) is 0 Å². The van der Waals surface area contributed by atoms with Gasteiger partial charge in [-0.2, -0.15) is 0 Å². The third-order valence-corrected chi connectivity index (χ3v) is 4.18. The molecule has 3 N–H and O–H groups in total. The lowest BCUT2D eigenvalue weighted by Crippen LogP contribution is -2.60. The molecule has 0 aromatic heterocycles. The molecule has 3 amide bonds. The number of carboxylic acids is 1. The minimum Gasteiger partial charge on any atom is -0.481 e. The predicted octanol–water partition coefficient (Wildman–Crippen LogP) is 0.0172. The number of urea groups is 1. The van der Waals surface area contributed by atoms with Crippen LogP contribution >= 0.6 is 0 Å². The molecule has 2 atom stereocenters. The van der Waals surface area contributed by atoms with E-state index in [0.29, 0.717) is 25.6 Å². The summed E-state index contributed by atoms with van der Waals surface area (Å²) in [4.78, 5) is 35.9. The van der Waals surface area contributed by atoms with Crippen LogP contribution in [0.4, 0.5) is 4.79 Å².